The second-order valence-electron chi connectivity index (χ2n) is 4.22. The Hall–Kier alpha value is -2.00. The van der Waals surface area contributed by atoms with Crippen molar-refractivity contribution in [3.8, 4) is 0 Å². The van der Waals surface area contributed by atoms with E-state index >= 15 is 0 Å². The molecule has 1 saturated heterocycles. The highest BCUT2D eigenvalue weighted by Crippen LogP contribution is 2.31. The third kappa shape index (κ3) is 2.71. The summed E-state index contributed by atoms with van der Waals surface area (Å²) in [5, 5.41) is 11.2. The van der Waals surface area contributed by atoms with Gasteiger partial charge >= 0.3 is 5.69 Å². The third-order valence-electron chi connectivity index (χ3n) is 3.24. The topological polar surface area (TPSA) is 113 Å². The molecule has 104 valence electrons. The molecule has 0 aromatic carbocycles. The predicted molar refractivity (Wildman–Crippen MR) is 70.8 cm³/mol. The van der Waals surface area contributed by atoms with Crippen LogP contribution in [-0.2, 0) is 0 Å². The maximum atomic E-state index is 11.2. The van der Waals surface area contributed by atoms with E-state index in [-0.39, 0.29) is 11.5 Å². The number of nitro groups is 1. The first-order valence-electron chi connectivity index (χ1n) is 6.10. The van der Waals surface area contributed by atoms with Gasteiger partial charge in [0.15, 0.2) is 0 Å². The van der Waals surface area contributed by atoms with Gasteiger partial charge in [-0.3, -0.25) is 10.1 Å². The molecule has 0 atom stereocenters. The van der Waals surface area contributed by atoms with E-state index in [9.17, 15) is 10.1 Å². The molecule has 2 rings (SSSR count). The molecule has 1 aromatic rings. The van der Waals surface area contributed by atoms with Gasteiger partial charge in [0.2, 0.25) is 11.6 Å². The van der Waals surface area contributed by atoms with Crippen molar-refractivity contribution in [2.45, 2.75) is 6.92 Å². The number of rotatable bonds is 4. The molecule has 1 aliphatic heterocycles. The van der Waals surface area contributed by atoms with Crippen LogP contribution in [0.25, 0.3) is 0 Å². The first-order chi connectivity index (χ1) is 9.17. The number of hydrazine groups is 1. The Kier molecular flexibility index (Phi) is 4.07. The highest BCUT2D eigenvalue weighted by atomic mass is 16.6. The summed E-state index contributed by atoms with van der Waals surface area (Å²) in [7, 11) is 0. The third-order valence-corrected chi connectivity index (χ3v) is 3.24. The lowest BCUT2D eigenvalue weighted by Crippen LogP contribution is -2.46. The van der Waals surface area contributed by atoms with Crippen LogP contribution < -0.4 is 16.2 Å². The van der Waals surface area contributed by atoms with Crippen molar-refractivity contribution >= 4 is 17.3 Å². The standard InChI is InChI=1S/C10H17N7O2/c1-2-15-3-5-16(6-4-15)10-8(17(18)19)9(14-11)12-7-13-10/h7H,2-6,11H2,1H3,(H,12,13,14). The molecule has 0 bridgehead atoms. The number of hydrogen-bond donors (Lipinski definition) is 2. The number of nitrogens with one attached hydrogen (secondary N) is 1. The Bertz CT molecular complexity index is 459. The van der Waals surface area contributed by atoms with Crippen LogP contribution in [0.1, 0.15) is 6.92 Å². The number of nitrogen functional groups attached to an aromatic ring is 1. The van der Waals surface area contributed by atoms with Crippen LogP contribution in [0, 0.1) is 10.1 Å². The highest BCUT2D eigenvalue weighted by Gasteiger charge is 2.28. The second-order valence-corrected chi connectivity index (χ2v) is 4.22. The van der Waals surface area contributed by atoms with E-state index in [0.29, 0.717) is 18.9 Å². The number of anilines is 2. The molecule has 9 heteroatoms. The fourth-order valence-electron chi connectivity index (χ4n) is 2.15. The maximum Gasteiger partial charge on any atom is 0.354 e. The van der Waals surface area contributed by atoms with Crippen molar-refractivity contribution in [3.63, 3.8) is 0 Å². The van der Waals surface area contributed by atoms with Gasteiger partial charge in [-0.15, -0.1) is 0 Å². The molecule has 0 unspecified atom stereocenters. The van der Waals surface area contributed by atoms with Crippen LogP contribution in [-0.4, -0.2) is 52.5 Å². The van der Waals surface area contributed by atoms with Crippen molar-refractivity contribution in [2.75, 3.05) is 43.0 Å². The van der Waals surface area contributed by atoms with E-state index in [2.05, 4.69) is 27.2 Å². The maximum absolute atomic E-state index is 11.2. The summed E-state index contributed by atoms with van der Waals surface area (Å²) in [5.41, 5.74) is 2.08. The lowest BCUT2D eigenvalue weighted by molar-refractivity contribution is -0.383. The van der Waals surface area contributed by atoms with Gasteiger partial charge in [0.25, 0.3) is 0 Å². The Labute approximate surface area is 110 Å². The average Bonchev–Trinajstić information content (AvgIpc) is 2.46. The molecular weight excluding hydrogens is 250 g/mol. The average molecular weight is 267 g/mol. The van der Waals surface area contributed by atoms with E-state index in [0.717, 1.165) is 19.6 Å². The van der Waals surface area contributed by atoms with Crippen LogP contribution in [0.4, 0.5) is 17.3 Å². The van der Waals surface area contributed by atoms with E-state index in [1.165, 1.54) is 6.33 Å². The minimum absolute atomic E-state index is 0.0351. The molecule has 19 heavy (non-hydrogen) atoms. The largest absolute Gasteiger partial charge is 0.354 e. The number of nitrogens with two attached hydrogens (primary N) is 1. The van der Waals surface area contributed by atoms with E-state index < -0.39 is 4.92 Å². The van der Waals surface area contributed by atoms with Gasteiger partial charge in [-0.2, -0.15) is 0 Å². The summed E-state index contributed by atoms with van der Waals surface area (Å²) in [5.74, 6) is 5.62. The van der Waals surface area contributed by atoms with Crippen molar-refractivity contribution in [2.24, 2.45) is 5.84 Å². The van der Waals surface area contributed by atoms with Gasteiger partial charge in [-0.1, -0.05) is 6.92 Å². The molecule has 0 aliphatic carbocycles. The molecular formula is C10H17N7O2. The second kappa shape index (κ2) is 5.76. The van der Waals surface area contributed by atoms with Crippen LogP contribution in [0.5, 0.6) is 0 Å². The molecule has 0 radical (unpaired) electrons. The van der Waals surface area contributed by atoms with Gasteiger partial charge in [-0.05, 0) is 6.54 Å². The molecule has 3 N–H and O–H groups in total. The summed E-state index contributed by atoms with van der Waals surface area (Å²) in [6.45, 7) is 6.21. The summed E-state index contributed by atoms with van der Waals surface area (Å²) in [4.78, 5) is 22.7. The normalized spacial score (nSPS) is 16.4. The summed E-state index contributed by atoms with van der Waals surface area (Å²) >= 11 is 0. The lowest BCUT2D eigenvalue weighted by atomic mass is 10.3. The van der Waals surface area contributed by atoms with Crippen molar-refractivity contribution < 1.29 is 4.92 Å². The van der Waals surface area contributed by atoms with Crippen LogP contribution in [0.2, 0.25) is 0 Å². The summed E-state index contributed by atoms with van der Waals surface area (Å²) in [6.07, 6.45) is 1.28. The monoisotopic (exact) mass is 267 g/mol. The minimum atomic E-state index is -0.503. The van der Waals surface area contributed by atoms with Crippen LogP contribution in [0.3, 0.4) is 0 Å². The zero-order valence-electron chi connectivity index (χ0n) is 10.7. The zero-order valence-corrected chi connectivity index (χ0v) is 10.7. The van der Waals surface area contributed by atoms with Crippen molar-refractivity contribution in [1.82, 2.24) is 14.9 Å². The molecule has 2 heterocycles. The predicted octanol–water partition coefficient (Wildman–Crippen LogP) is -0.188. The molecule has 1 fully saturated rings. The Morgan fingerprint density at radius 1 is 1.42 bits per heavy atom. The quantitative estimate of drug-likeness (QED) is 0.438. The molecule has 0 saturated carbocycles. The van der Waals surface area contributed by atoms with E-state index in [1.807, 2.05) is 4.90 Å². The highest BCUT2D eigenvalue weighted by molar-refractivity contribution is 5.70. The van der Waals surface area contributed by atoms with E-state index in [4.69, 9.17) is 5.84 Å². The molecule has 1 aliphatic rings. The first kappa shape index (κ1) is 13.4. The number of hydrogen-bond acceptors (Lipinski definition) is 8. The van der Waals surface area contributed by atoms with Crippen LogP contribution >= 0.6 is 0 Å². The summed E-state index contributed by atoms with van der Waals surface area (Å²) < 4.78 is 0. The fourth-order valence-corrected chi connectivity index (χ4v) is 2.15. The smallest absolute Gasteiger partial charge is 0.348 e. The summed E-state index contributed by atoms with van der Waals surface area (Å²) in [6, 6.07) is 0. The number of likely N-dealkylation sites (N-methyl/N-ethyl adjacent to an activating group) is 1. The number of nitrogens with zero attached hydrogens (tertiary/aromatic N) is 5. The molecule has 0 amide bonds. The number of piperazine rings is 1. The Morgan fingerprint density at radius 2 is 2.11 bits per heavy atom. The zero-order chi connectivity index (χ0) is 13.8. The van der Waals surface area contributed by atoms with Gasteiger partial charge in [0.05, 0.1) is 4.92 Å². The first-order valence-corrected chi connectivity index (χ1v) is 6.10. The molecule has 0 spiro atoms. The SMILES string of the molecule is CCN1CCN(c2ncnc(NN)c2[N+](=O)[O-])CC1. The van der Waals surface area contributed by atoms with Gasteiger partial charge in [0, 0.05) is 26.2 Å². The Morgan fingerprint density at radius 3 is 2.63 bits per heavy atom. The Balaban J connectivity index is 2.27. The molecule has 9 nitrogen and oxygen atoms in total. The van der Waals surface area contributed by atoms with Crippen molar-refractivity contribution in [1.29, 1.82) is 0 Å². The fraction of sp³-hybridized carbons (Fsp3) is 0.600. The number of aromatic nitrogens is 2. The van der Waals surface area contributed by atoms with Crippen molar-refractivity contribution in [3.05, 3.63) is 16.4 Å². The van der Waals surface area contributed by atoms with Crippen LogP contribution in [0.15, 0.2) is 6.33 Å². The lowest BCUT2D eigenvalue weighted by Gasteiger charge is -2.34. The van der Waals surface area contributed by atoms with Gasteiger partial charge in [0.1, 0.15) is 6.33 Å². The molecule has 1 aromatic heterocycles. The van der Waals surface area contributed by atoms with Gasteiger partial charge in [-0.25, -0.2) is 15.8 Å². The van der Waals surface area contributed by atoms with E-state index in [1.54, 1.807) is 0 Å². The van der Waals surface area contributed by atoms with Gasteiger partial charge < -0.3 is 15.2 Å². The minimum Gasteiger partial charge on any atom is -0.348 e.